The van der Waals surface area contributed by atoms with Crippen LogP contribution in [0.2, 0.25) is 0 Å². The highest BCUT2D eigenvalue weighted by molar-refractivity contribution is 7.14. The third-order valence-corrected chi connectivity index (χ3v) is 4.18. The van der Waals surface area contributed by atoms with Gasteiger partial charge in [0.05, 0.1) is 15.6 Å². The summed E-state index contributed by atoms with van der Waals surface area (Å²) in [6.45, 7) is 0. The first-order valence-electron chi connectivity index (χ1n) is 5.64. The Balaban J connectivity index is 2.40. The monoisotopic (exact) mass is 252 g/mol. The van der Waals surface area contributed by atoms with Crippen molar-refractivity contribution in [2.24, 2.45) is 0 Å². The van der Waals surface area contributed by atoms with Gasteiger partial charge in [-0.3, -0.25) is 4.79 Å². The van der Waals surface area contributed by atoms with Crippen LogP contribution in [0.3, 0.4) is 0 Å². The van der Waals surface area contributed by atoms with Gasteiger partial charge < -0.3 is 0 Å². The van der Waals surface area contributed by atoms with Gasteiger partial charge >= 0.3 is 0 Å². The third-order valence-electron chi connectivity index (χ3n) is 3.07. The van der Waals surface area contributed by atoms with Gasteiger partial charge in [-0.2, -0.15) is 4.98 Å². The average molecular weight is 252 g/mol. The molecule has 0 radical (unpaired) electrons. The van der Waals surface area contributed by atoms with E-state index in [-0.39, 0.29) is 5.56 Å². The molecule has 0 aliphatic carbocycles. The van der Waals surface area contributed by atoms with E-state index in [1.54, 1.807) is 11.5 Å². The minimum Gasteiger partial charge on any atom is -0.267 e. The van der Waals surface area contributed by atoms with Crippen molar-refractivity contribution < 1.29 is 0 Å². The maximum absolute atomic E-state index is 12.0. The van der Waals surface area contributed by atoms with Gasteiger partial charge in [-0.05, 0) is 24.3 Å². The lowest BCUT2D eigenvalue weighted by Crippen LogP contribution is -2.08. The fourth-order valence-corrected chi connectivity index (χ4v) is 3.32. The molecule has 0 atom stereocenters. The molecule has 4 heteroatoms. The molecule has 2 aromatic carbocycles. The molecule has 4 rings (SSSR count). The molecule has 2 aromatic heterocycles. The Morgan fingerprint density at radius 3 is 2.56 bits per heavy atom. The summed E-state index contributed by atoms with van der Waals surface area (Å²) in [6, 6.07) is 15.6. The predicted octanol–water partition coefficient (Wildman–Crippen LogP) is 3.06. The Kier molecular flexibility index (Phi) is 1.85. The minimum atomic E-state index is -0.158. The summed E-state index contributed by atoms with van der Waals surface area (Å²) in [5.74, 6) is 0. The highest BCUT2D eigenvalue weighted by Gasteiger charge is 2.10. The van der Waals surface area contributed by atoms with Gasteiger partial charge in [-0.1, -0.05) is 35.8 Å². The van der Waals surface area contributed by atoms with E-state index in [4.69, 9.17) is 0 Å². The summed E-state index contributed by atoms with van der Waals surface area (Å²) < 4.78 is 3.17. The van der Waals surface area contributed by atoms with Crippen LogP contribution in [0.4, 0.5) is 0 Å². The van der Waals surface area contributed by atoms with Crippen molar-refractivity contribution in [3.8, 4) is 0 Å². The molecule has 0 spiro atoms. The second kappa shape index (κ2) is 3.40. The van der Waals surface area contributed by atoms with E-state index in [0.717, 1.165) is 21.3 Å². The van der Waals surface area contributed by atoms with Crippen molar-refractivity contribution in [1.29, 1.82) is 0 Å². The number of hydrogen-bond acceptors (Lipinski definition) is 3. The predicted molar refractivity (Wildman–Crippen MR) is 74.4 cm³/mol. The summed E-state index contributed by atoms with van der Waals surface area (Å²) in [5, 5.41) is 1.70. The topological polar surface area (TPSA) is 34.4 Å². The van der Waals surface area contributed by atoms with Crippen LogP contribution in [0, 0.1) is 0 Å². The minimum absolute atomic E-state index is 0.158. The summed E-state index contributed by atoms with van der Waals surface area (Å²) in [7, 11) is 0. The fraction of sp³-hybridized carbons (Fsp3) is 0. The van der Waals surface area contributed by atoms with Crippen molar-refractivity contribution in [2.45, 2.75) is 0 Å². The van der Waals surface area contributed by atoms with Gasteiger partial charge in [0.15, 0.2) is 5.65 Å². The number of nitrogens with zero attached hydrogens (tertiary/aromatic N) is 2. The van der Waals surface area contributed by atoms with Gasteiger partial charge in [0.1, 0.15) is 0 Å². The molecule has 4 aromatic rings. The van der Waals surface area contributed by atoms with E-state index in [1.807, 2.05) is 52.3 Å². The second-order valence-corrected chi connectivity index (χ2v) is 5.13. The summed E-state index contributed by atoms with van der Waals surface area (Å²) in [4.78, 5) is 16.2. The van der Waals surface area contributed by atoms with Gasteiger partial charge in [-0.15, -0.1) is 0 Å². The standard InChI is InChI=1S/C14H8N2OS/c17-14-9-5-1-3-7-11(9)16-13(15-14)10-6-2-4-8-12(10)18-16/h1-8H. The van der Waals surface area contributed by atoms with Crippen LogP contribution in [-0.2, 0) is 0 Å². The molecule has 18 heavy (non-hydrogen) atoms. The van der Waals surface area contributed by atoms with Crippen molar-refractivity contribution >= 4 is 38.2 Å². The SMILES string of the molecule is O=c1nc2c3ccccc3sn2c2ccccc12. The molecule has 0 bridgehead atoms. The van der Waals surface area contributed by atoms with Crippen molar-refractivity contribution in [2.75, 3.05) is 0 Å². The molecule has 0 saturated carbocycles. The molecule has 86 valence electrons. The van der Waals surface area contributed by atoms with E-state index < -0.39 is 0 Å². The second-order valence-electron chi connectivity index (χ2n) is 4.14. The average Bonchev–Trinajstić information content (AvgIpc) is 2.78. The number of fused-ring (bicyclic) bond motifs is 5. The largest absolute Gasteiger partial charge is 0.281 e. The smallest absolute Gasteiger partial charge is 0.267 e. The molecule has 0 aliphatic rings. The maximum Gasteiger partial charge on any atom is 0.281 e. The zero-order chi connectivity index (χ0) is 12.1. The summed E-state index contributed by atoms with van der Waals surface area (Å²) in [5.41, 5.74) is 1.52. The van der Waals surface area contributed by atoms with Crippen LogP contribution in [0.5, 0.6) is 0 Å². The molecule has 0 saturated heterocycles. The number of hydrogen-bond donors (Lipinski definition) is 0. The third kappa shape index (κ3) is 1.18. The van der Waals surface area contributed by atoms with Crippen molar-refractivity contribution in [1.82, 2.24) is 8.77 Å². The molecule has 2 heterocycles. The Bertz CT molecular complexity index is 952. The molecule has 0 unspecified atom stereocenters. The molecule has 0 fully saturated rings. The zero-order valence-corrected chi connectivity index (χ0v) is 10.1. The Labute approximate surface area is 106 Å². The Hall–Kier alpha value is -2.20. The van der Waals surface area contributed by atoms with E-state index >= 15 is 0 Å². The van der Waals surface area contributed by atoms with Gasteiger partial charge in [-0.25, -0.2) is 3.79 Å². The van der Waals surface area contributed by atoms with Gasteiger partial charge in [0.2, 0.25) is 0 Å². The van der Waals surface area contributed by atoms with Crippen molar-refractivity contribution in [3.63, 3.8) is 0 Å². The van der Waals surface area contributed by atoms with Crippen LogP contribution in [-0.4, -0.2) is 8.77 Å². The highest BCUT2D eigenvalue weighted by atomic mass is 32.1. The molecule has 0 aliphatic heterocycles. The molecule has 0 N–H and O–H groups in total. The van der Waals surface area contributed by atoms with Crippen LogP contribution >= 0.6 is 11.5 Å². The maximum atomic E-state index is 12.0. The number of aromatic nitrogens is 2. The lowest BCUT2D eigenvalue weighted by atomic mass is 10.2. The quantitative estimate of drug-likeness (QED) is 0.482. The van der Waals surface area contributed by atoms with Crippen LogP contribution in [0.15, 0.2) is 53.3 Å². The molecular formula is C14H8N2OS. The lowest BCUT2D eigenvalue weighted by molar-refractivity contribution is 1.24. The van der Waals surface area contributed by atoms with E-state index in [1.165, 1.54) is 0 Å². The lowest BCUT2D eigenvalue weighted by Gasteiger charge is -1.98. The van der Waals surface area contributed by atoms with Gasteiger partial charge in [0.25, 0.3) is 5.56 Å². The number of para-hydroxylation sites is 1. The van der Waals surface area contributed by atoms with Crippen LogP contribution < -0.4 is 5.56 Å². The highest BCUT2D eigenvalue weighted by Crippen LogP contribution is 2.27. The zero-order valence-electron chi connectivity index (χ0n) is 9.33. The van der Waals surface area contributed by atoms with E-state index in [0.29, 0.717) is 5.39 Å². The summed E-state index contributed by atoms with van der Waals surface area (Å²) >= 11 is 1.62. The first-order valence-corrected chi connectivity index (χ1v) is 6.41. The summed E-state index contributed by atoms with van der Waals surface area (Å²) in [6.07, 6.45) is 0. The number of rotatable bonds is 0. The van der Waals surface area contributed by atoms with E-state index in [2.05, 4.69) is 4.98 Å². The molecule has 3 nitrogen and oxygen atoms in total. The van der Waals surface area contributed by atoms with E-state index in [9.17, 15) is 4.79 Å². The van der Waals surface area contributed by atoms with Crippen LogP contribution in [0.1, 0.15) is 0 Å². The Morgan fingerprint density at radius 1 is 0.944 bits per heavy atom. The first-order chi connectivity index (χ1) is 8.84. The van der Waals surface area contributed by atoms with Crippen LogP contribution in [0.25, 0.3) is 26.6 Å². The van der Waals surface area contributed by atoms with Crippen molar-refractivity contribution in [3.05, 3.63) is 58.9 Å². The van der Waals surface area contributed by atoms with Gasteiger partial charge in [0, 0.05) is 5.39 Å². The normalized spacial score (nSPS) is 11.6. The molecular weight excluding hydrogens is 244 g/mol. The molecule has 0 amide bonds. The fourth-order valence-electron chi connectivity index (χ4n) is 2.24. The Morgan fingerprint density at radius 2 is 1.67 bits per heavy atom. The first kappa shape index (κ1) is 9.79. The number of benzene rings is 2.